The van der Waals surface area contributed by atoms with Crippen LogP contribution in [0.3, 0.4) is 0 Å². The van der Waals surface area contributed by atoms with Crippen LogP contribution in [-0.2, 0) is 4.79 Å². The second-order valence-corrected chi connectivity index (χ2v) is 5.44. The Labute approximate surface area is 100 Å². The molecular weight excluding hydrogens is 224 g/mol. The molecular formula is C12H15ClN2O. The second-order valence-electron chi connectivity index (χ2n) is 5.09. The number of carbonyl (C=O) groups excluding carboxylic acids is 1. The Bertz CT molecular complexity index is 443. The van der Waals surface area contributed by atoms with E-state index in [0.717, 1.165) is 12.0 Å². The quantitative estimate of drug-likeness (QED) is 0.805. The van der Waals surface area contributed by atoms with Gasteiger partial charge in [0.05, 0.1) is 5.69 Å². The lowest BCUT2D eigenvalue weighted by Crippen LogP contribution is -2.17. The first-order valence-corrected chi connectivity index (χ1v) is 5.71. The molecule has 86 valence electrons. The summed E-state index contributed by atoms with van der Waals surface area (Å²) >= 11 is 5.91. The van der Waals surface area contributed by atoms with E-state index in [1.54, 1.807) is 6.20 Å². The molecule has 0 bridgehead atoms. The van der Waals surface area contributed by atoms with Gasteiger partial charge in [-0.2, -0.15) is 0 Å². The van der Waals surface area contributed by atoms with Gasteiger partial charge in [0.2, 0.25) is 5.91 Å². The number of aryl methyl sites for hydroxylation is 1. The summed E-state index contributed by atoms with van der Waals surface area (Å²) in [6, 6.07) is 1.84. The maximum Gasteiger partial charge on any atom is 0.228 e. The van der Waals surface area contributed by atoms with Gasteiger partial charge >= 0.3 is 0 Å². The van der Waals surface area contributed by atoms with Crippen molar-refractivity contribution in [2.24, 2.45) is 11.3 Å². The molecule has 1 aliphatic carbocycles. The van der Waals surface area contributed by atoms with E-state index in [2.05, 4.69) is 24.1 Å². The van der Waals surface area contributed by atoms with Gasteiger partial charge < -0.3 is 5.32 Å². The van der Waals surface area contributed by atoms with Gasteiger partial charge in [-0.05, 0) is 30.4 Å². The topological polar surface area (TPSA) is 42.0 Å². The molecule has 3 nitrogen and oxygen atoms in total. The summed E-state index contributed by atoms with van der Waals surface area (Å²) in [7, 11) is 0. The number of nitrogens with zero attached hydrogens (tertiary/aromatic N) is 1. The highest BCUT2D eigenvalue weighted by molar-refractivity contribution is 6.32. The largest absolute Gasteiger partial charge is 0.323 e. The molecule has 1 aromatic heterocycles. The van der Waals surface area contributed by atoms with E-state index in [-0.39, 0.29) is 17.2 Å². The van der Waals surface area contributed by atoms with Crippen molar-refractivity contribution in [3.63, 3.8) is 0 Å². The van der Waals surface area contributed by atoms with Crippen molar-refractivity contribution in [1.82, 2.24) is 4.98 Å². The number of pyridine rings is 1. The molecule has 4 heteroatoms. The van der Waals surface area contributed by atoms with Gasteiger partial charge in [-0.3, -0.25) is 4.79 Å². The van der Waals surface area contributed by atoms with E-state index in [0.29, 0.717) is 10.8 Å². The van der Waals surface area contributed by atoms with Crippen LogP contribution in [0.15, 0.2) is 12.3 Å². The molecule has 0 spiro atoms. The zero-order chi connectivity index (χ0) is 11.9. The van der Waals surface area contributed by atoms with Crippen molar-refractivity contribution < 1.29 is 4.79 Å². The summed E-state index contributed by atoms with van der Waals surface area (Å²) in [5.74, 6) is 0.142. The molecule has 1 aromatic rings. The Hall–Kier alpha value is -1.09. The van der Waals surface area contributed by atoms with Gasteiger partial charge in [0.1, 0.15) is 0 Å². The first-order chi connectivity index (χ1) is 7.40. The third-order valence-electron chi connectivity index (χ3n) is 3.06. The molecule has 16 heavy (non-hydrogen) atoms. The number of hydrogen-bond donors (Lipinski definition) is 1. The van der Waals surface area contributed by atoms with E-state index in [1.807, 2.05) is 13.0 Å². The maximum atomic E-state index is 11.9. The third-order valence-corrected chi connectivity index (χ3v) is 3.36. The maximum absolute atomic E-state index is 11.9. The summed E-state index contributed by atoms with van der Waals surface area (Å²) in [6.07, 6.45) is 2.62. The van der Waals surface area contributed by atoms with Crippen LogP contribution in [0.5, 0.6) is 0 Å². The van der Waals surface area contributed by atoms with Crippen LogP contribution >= 0.6 is 11.6 Å². The lowest BCUT2D eigenvalue weighted by molar-refractivity contribution is -0.118. The Kier molecular flexibility index (Phi) is 2.66. The number of nitrogens with one attached hydrogen (secondary N) is 1. The Morgan fingerprint density at radius 1 is 1.62 bits per heavy atom. The number of anilines is 1. The lowest BCUT2D eigenvalue weighted by Gasteiger charge is -2.08. The van der Waals surface area contributed by atoms with Gasteiger partial charge in [-0.15, -0.1) is 0 Å². The van der Waals surface area contributed by atoms with Gasteiger partial charge in [-0.1, -0.05) is 25.4 Å². The van der Waals surface area contributed by atoms with Crippen molar-refractivity contribution in [3.05, 3.63) is 23.0 Å². The first-order valence-electron chi connectivity index (χ1n) is 5.33. The normalized spacial score (nSPS) is 21.6. The smallest absolute Gasteiger partial charge is 0.228 e. The minimum atomic E-state index is 0.0410. The second kappa shape index (κ2) is 3.74. The molecule has 1 N–H and O–H groups in total. The van der Waals surface area contributed by atoms with Gasteiger partial charge in [0.25, 0.3) is 0 Å². The fraction of sp³-hybridized carbons (Fsp3) is 0.500. The van der Waals surface area contributed by atoms with E-state index < -0.39 is 0 Å². The van der Waals surface area contributed by atoms with Crippen molar-refractivity contribution in [3.8, 4) is 0 Å². The average molecular weight is 239 g/mol. The number of rotatable bonds is 2. The molecule has 1 atom stereocenters. The third kappa shape index (κ3) is 2.19. The van der Waals surface area contributed by atoms with Crippen molar-refractivity contribution in [1.29, 1.82) is 0 Å². The molecule has 1 amide bonds. The van der Waals surface area contributed by atoms with Crippen molar-refractivity contribution >= 4 is 23.2 Å². The number of aromatic nitrogens is 1. The van der Waals surface area contributed by atoms with Crippen LogP contribution < -0.4 is 5.32 Å². The molecule has 1 saturated carbocycles. The first kappa shape index (κ1) is 11.4. The van der Waals surface area contributed by atoms with E-state index in [1.165, 1.54) is 0 Å². The van der Waals surface area contributed by atoms with Gasteiger partial charge in [0, 0.05) is 12.1 Å². The zero-order valence-corrected chi connectivity index (χ0v) is 10.4. The molecule has 1 heterocycles. The van der Waals surface area contributed by atoms with Crippen LogP contribution in [-0.4, -0.2) is 10.9 Å². The highest BCUT2D eigenvalue weighted by Gasteiger charge is 2.50. The predicted molar refractivity (Wildman–Crippen MR) is 64.5 cm³/mol. The Balaban J connectivity index is 2.10. The van der Waals surface area contributed by atoms with Crippen LogP contribution in [0, 0.1) is 18.3 Å². The predicted octanol–water partition coefficient (Wildman–Crippen LogP) is 3.03. The average Bonchev–Trinajstić information content (AvgIpc) is 2.82. The number of halogens is 1. The minimum Gasteiger partial charge on any atom is -0.323 e. The fourth-order valence-electron chi connectivity index (χ4n) is 1.77. The summed E-state index contributed by atoms with van der Waals surface area (Å²) in [5, 5.41) is 3.18. The minimum absolute atomic E-state index is 0.0410. The van der Waals surface area contributed by atoms with Crippen LogP contribution in [0.2, 0.25) is 5.15 Å². The number of hydrogen-bond acceptors (Lipinski definition) is 2. The highest BCUT2D eigenvalue weighted by atomic mass is 35.5. The molecule has 1 fully saturated rings. The van der Waals surface area contributed by atoms with Gasteiger partial charge in [-0.25, -0.2) is 4.98 Å². The Morgan fingerprint density at radius 2 is 2.25 bits per heavy atom. The SMILES string of the molecule is Cc1cnc(Cl)c(NC(=O)C2CC2(C)C)c1. The van der Waals surface area contributed by atoms with Crippen LogP contribution in [0.4, 0.5) is 5.69 Å². The van der Waals surface area contributed by atoms with E-state index >= 15 is 0 Å². The van der Waals surface area contributed by atoms with E-state index in [4.69, 9.17) is 11.6 Å². The van der Waals surface area contributed by atoms with Crippen LogP contribution in [0.25, 0.3) is 0 Å². The summed E-state index contributed by atoms with van der Waals surface area (Å²) in [5.41, 5.74) is 1.72. The van der Waals surface area contributed by atoms with E-state index in [9.17, 15) is 4.79 Å². The molecule has 1 aliphatic rings. The standard InChI is InChI=1S/C12H15ClN2O/c1-7-4-9(10(13)14-6-7)15-11(16)8-5-12(8,2)3/h4,6,8H,5H2,1-3H3,(H,15,16). The molecule has 0 radical (unpaired) electrons. The Morgan fingerprint density at radius 3 is 2.81 bits per heavy atom. The lowest BCUT2D eigenvalue weighted by atomic mass is 10.1. The highest BCUT2D eigenvalue weighted by Crippen LogP contribution is 2.52. The number of carbonyl (C=O) groups is 1. The summed E-state index contributed by atoms with van der Waals surface area (Å²) < 4.78 is 0. The summed E-state index contributed by atoms with van der Waals surface area (Å²) in [4.78, 5) is 15.9. The fourth-order valence-corrected chi connectivity index (χ4v) is 1.93. The number of amides is 1. The molecule has 1 unspecified atom stereocenters. The van der Waals surface area contributed by atoms with Crippen molar-refractivity contribution in [2.75, 3.05) is 5.32 Å². The molecule has 0 aromatic carbocycles. The summed E-state index contributed by atoms with van der Waals surface area (Å²) in [6.45, 7) is 6.10. The molecule has 2 rings (SSSR count). The van der Waals surface area contributed by atoms with Crippen LogP contribution in [0.1, 0.15) is 25.8 Å². The van der Waals surface area contributed by atoms with Gasteiger partial charge in [0.15, 0.2) is 5.15 Å². The molecule has 0 saturated heterocycles. The molecule has 0 aliphatic heterocycles. The monoisotopic (exact) mass is 238 g/mol. The van der Waals surface area contributed by atoms with Crippen molar-refractivity contribution in [2.45, 2.75) is 27.2 Å². The zero-order valence-electron chi connectivity index (χ0n) is 9.67.